The minimum Gasteiger partial charge on any atom is -0.353 e. The first kappa shape index (κ1) is 18.4. The molecule has 27 heavy (non-hydrogen) atoms. The molecule has 1 aliphatic heterocycles. The van der Waals surface area contributed by atoms with E-state index in [2.05, 4.69) is 30.8 Å². The Morgan fingerprint density at radius 2 is 1.81 bits per heavy atom. The zero-order valence-electron chi connectivity index (χ0n) is 14.3. The molecule has 8 heteroatoms. The van der Waals surface area contributed by atoms with E-state index in [1.54, 1.807) is 12.4 Å². The Hall–Kier alpha value is -1.96. The summed E-state index contributed by atoms with van der Waals surface area (Å²) in [5.41, 5.74) is 0.856. The number of anilines is 1. The van der Waals surface area contributed by atoms with Crippen LogP contribution in [-0.4, -0.2) is 47.0 Å². The lowest BCUT2D eigenvalue weighted by Crippen LogP contribution is -2.48. The van der Waals surface area contributed by atoms with Crippen LogP contribution >= 0.6 is 38.9 Å². The van der Waals surface area contributed by atoms with E-state index in [-0.39, 0.29) is 5.91 Å². The van der Waals surface area contributed by atoms with Crippen molar-refractivity contribution in [2.45, 2.75) is 0 Å². The van der Waals surface area contributed by atoms with Crippen molar-refractivity contribution >= 4 is 50.6 Å². The number of rotatable bonds is 3. The number of benzene rings is 1. The predicted molar refractivity (Wildman–Crippen MR) is 113 cm³/mol. The average Bonchev–Trinajstić information content (AvgIpc) is 3.18. The molecular weight excluding hydrogens is 448 g/mol. The second kappa shape index (κ2) is 7.96. The summed E-state index contributed by atoms with van der Waals surface area (Å²) in [7, 11) is 0. The van der Waals surface area contributed by atoms with E-state index in [0.717, 1.165) is 34.0 Å². The second-order valence-corrected chi connectivity index (χ2v) is 8.48. The maximum Gasteiger partial charge on any atom is 0.265 e. The lowest BCUT2D eigenvalue weighted by molar-refractivity contribution is 0.0751. The molecule has 2 aromatic heterocycles. The fourth-order valence-corrected chi connectivity index (χ4v) is 4.42. The standard InChI is InChI=1S/C19H16BrClN4OS/c20-13-5-6-17(22-11-13)24-7-9-25(10-8-24)19(26)16-12-23-18(27-16)14-3-1-2-4-15(14)21/h1-6,11-12H,7-10H2. The Bertz CT molecular complexity index is 954. The van der Waals surface area contributed by atoms with Gasteiger partial charge < -0.3 is 9.80 Å². The van der Waals surface area contributed by atoms with Crippen LogP contribution in [-0.2, 0) is 0 Å². The van der Waals surface area contributed by atoms with Crippen LogP contribution in [0.25, 0.3) is 10.6 Å². The van der Waals surface area contributed by atoms with Gasteiger partial charge in [-0.1, -0.05) is 29.8 Å². The molecule has 0 bridgehead atoms. The number of nitrogens with zero attached hydrogens (tertiary/aromatic N) is 4. The Balaban J connectivity index is 1.43. The minimum absolute atomic E-state index is 0.0224. The lowest BCUT2D eigenvalue weighted by Gasteiger charge is -2.35. The molecule has 4 rings (SSSR count). The monoisotopic (exact) mass is 462 g/mol. The summed E-state index contributed by atoms with van der Waals surface area (Å²) in [5.74, 6) is 0.957. The smallest absolute Gasteiger partial charge is 0.265 e. The zero-order chi connectivity index (χ0) is 18.8. The average molecular weight is 464 g/mol. The topological polar surface area (TPSA) is 49.3 Å². The SMILES string of the molecule is O=C(c1cnc(-c2ccccc2Cl)s1)N1CCN(c2ccc(Br)cn2)CC1. The Morgan fingerprint density at radius 1 is 1.04 bits per heavy atom. The first-order valence-corrected chi connectivity index (χ1v) is 10.5. The van der Waals surface area contributed by atoms with Crippen molar-refractivity contribution in [3.05, 3.63) is 63.2 Å². The van der Waals surface area contributed by atoms with E-state index in [0.29, 0.717) is 23.0 Å². The lowest BCUT2D eigenvalue weighted by atomic mass is 10.2. The van der Waals surface area contributed by atoms with Crippen molar-refractivity contribution in [3.63, 3.8) is 0 Å². The molecule has 0 atom stereocenters. The van der Waals surface area contributed by atoms with E-state index < -0.39 is 0 Å². The van der Waals surface area contributed by atoms with Gasteiger partial charge in [-0.25, -0.2) is 9.97 Å². The molecule has 1 aliphatic rings. The summed E-state index contributed by atoms with van der Waals surface area (Å²) in [4.78, 5) is 26.4. The Labute approximate surface area is 174 Å². The molecule has 1 amide bonds. The quantitative estimate of drug-likeness (QED) is 0.570. The van der Waals surface area contributed by atoms with Crippen LogP contribution < -0.4 is 4.90 Å². The Morgan fingerprint density at radius 3 is 2.52 bits per heavy atom. The van der Waals surface area contributed by atoms with Gasteiger partial charge in [0.1, 0.15) is 15.7 Å². The van der Waals surface area contributed by atoms with Crippen molar-refractivity contribution in [3.8, 4) is 10.6 Å². The summed E-state index contributed by atoms with van der Waals surface area (Å²) in [6.07, 6.45) is 3.44. The van der Waals surface area contributed by atoms with Gasteiger partial charge in [0.25, 0.3) is 5.91 Å². The molecular formula is C19H16BrClN4OS. The normalized spacial score (nSPS) is 14.4. The number of thiazole rings is 1. The van der Waals surface area contributed by atoms with Crippen LogP contribution in [0.2, 0.25) is 5.02 Å². The maximum atomic E-state index is 12.8. The van der Waals surface area contributed by atoms with E-state index in [1.807, 2.05) is 41.3 Å². The summed E-state index contributed by atoms with van der Waals surface area (Å²) in [5, 5.41) is 1.41. The number of carbonyl (C=O) groups excluding carboxylic acids is 1. The van der Waals surface area contributed by atoms with Crippen molar-refractivity contribution < 1.29 is 4.79 Å². The molecule has 3 aromatic rings. The van der Waals surface area contributed by atoms with Gasteiger partial charge in [0.15, 0.2) is 0 Å². The molecule has 0 saturated carbocycles. The molecule has 1 saturated heterocycles. The van der Waals surface area contributed by atoms with Crippen molar-refractivity contribution in [1.82, 2.24) is 14.9 Å². The van der Waals surface area contributed by atoms with Crippen LogP contribution in [0.1, 0.15) is 9.67 Å². The van der Waals surface area contributed by atoms with Gasteiger partial charge in [-0.15, -0.1) is 11.3 Å². The van der Waals surface area contributed by atoms with Crippen LogP contribution in [0.3, 0.4) is 0 Å². The van der Waals surface area contributed by atoms with Crippen molar-refractivity contribution in [1.29, 1.82) is 0 Å². The highest BCUT2D eigenvalue weighted by Crippen LogP contribution is 2.31. The minimum atomic E-state index is 0.0224. The highest BCUT2D eigenvalue weighted by Gasteiger charge is 2.24. The van der Waals surface area contributed by atoms with Crippen LogP contribution in [0.15, 0.2) is 53.3 Å². The molecule has 138 valence electrons. The molecule has 0 unspecified atom stereocenters. The number of amides is 1. The molecule has 0 N–H and O–H groups in total. The van der Waals surface area contributed by atoms with E-state index in [9.17, 15) is 4.79 Å². The van der Waals surface area contributed by atoms with Gasteiger partial charge in [0.05, 0.1) is 11.2 Å². The summed E-state index contributed by atoms with van der Waals surface area (Å²) in [6.45, 7) is 2.85. The van der Waals surface area contributed by atoms with E-state index >= 15 is 0 Å². The molecule has 0 spiro atoms. The second-order valence-electron chi connectivity index (χ2n) is 6.12. The van der Waals surface area contributed by atoms with Crippen LogP contribution in [0.4, 0.5) is 5.82 Å². The van der Waals surface area contributed by atoms with Gasteiger partial charge in [0.2, 0.25) is 0 Å². The molecule has 3 heterocycles. The van der Waals surface area contributed by atoms with E-state index in [1.165, 1.54) is 11.3 Å². The van der Waals surface area contributed by atoms with Crippen LogP contribution in [0.5, 0.6) is 0 Å². The fraction of sp³-hybridized carbons (Fsp3) is 0.211. The highest BCUT2D eigenvalue weighted by molar-refractivity contribution is 9.10. The van der Waals surface area contributed by atoms with Crippen LogP contribution in [0, 0.1) is 0 Å². The third-order valence-electron chi connectivity index (χ3n) is 4.42. The first-order chi connectivity index (χ1) is 13.1. The van der Waals surface area contributed by atoms with Gasteiger partial charge in [-0.3, -0.25) is 4.79 Å². The first-order valence-electron chi connectivity index (χ1n) is 8.48. The summed E-state index contributed by atoms with van der Waals surface area (Å²) >= 11 is 11.0. The Kier molecular flexibility index (Phi) is 5.43. The molecule has 5 nitrogen and oxygen atoms in total. The van der Waals surface area contributed by atoms with Crippen molar-refractivity contribution in [2.24, 2.45) is 0 Å². The van der Waals surface area contributed by atoms with Gasteiger partial charge in [-0.2, -0.15) is 0 Å². The van der Waals surface area contributed by atoms with Gasteiger partial charge in [0, 0.05) is 42.4 Å². The molecule has 1 fully saturated rings. The number of hydrogen-bond donors (Lipinski definition) is 0. The number of pyridine rings is 1. The number of aromatic nitrogens is 2. The third-order valence-corrected chi connectivity index (χ3v) is 6.24. The molecule has 0 radical (unpaired) electrons. The third kappa shape index (κ3) is 4.00. The zero-order valence-corrected chi connectivity index (χ0v) is 17.5. The van der Waals surface area contributed by atoms with Crippen molar-refractivity contribution in [2.75, 3.05) is 31.1 Å². The number of piperazine rings is 1. The molecule has 0 aliphatic carbocycles. The summed E-state index contributed by atoms with van der Waals surface area (Å²) in [6, 6.07) is 11.5. The number of carbonyl (C=O) groups is 1. The largest absolute Gasteiger partial charge is 0.353 e. The van der Waals surface area contributed by atoms with Gasteiger partial charge in [-0.05, 0) is 34.1 Å². The van der Waals surface area contributed by atoms with E-state index in [4.69, 9.17) is 11.6 Å². The predicted octanol–water partition coefficient (Wildman–Crippen LogP) is 4.58. The summed E-state index contributed by atoms with van der Waals surface area (Å²) < 4.78 is 0.958. The molecule has 1 aromatic carbocycles. The number of halogens is 2. The highest BCUT2D eigenvalue weighted by atomic mass is 79.9. The fourth-order valence-electron chi connectivity index (χ4n) is 2.98. The number of hydrogen-bond acceptors (Lipinski definition) is 5. The van der Waals surface area contributed by atoms with Gasteiger partial charge >= 0.3 is 0 Å². The maximum absolute atomic E-state index is 12.8.